The van der Waals surface area contributed by atoms with E-state index in [1.807, 2.05) is 36.4 Å². The van der Waals surface area contributed by atoms with Crippen LogP contribution in [0.1, 0.15) is 62.3 Å². The molecule has 4 aromatic rings. The van der Waals surface area contributed by atoms with E-state index in [4.69, 9.17) is 28.4 Å². The van der Waals surface area contributed by atoms with Gasteiger partial charge in [0.25, 0.3) is 0 Å². The van der Waals surface area contributed by atoms with Crippen molar-refractivity contribution in [1.29, 1.82) is 0 Å². The van der Waals surface area contributed by atoms with E-state index in [9.17, 15) is 49.3 Å². The quantitative estimate of drug-likeness (QED) is 0.0253. The molecule has 19 heteroatoms. The van der Waals surface area contributed by atoms with E-state index in [1.165, 1.54) is 0 Å². The summed E-state index contributed by atoms with van der Waals surface area (Å²) in [6.45, 7) is 15.8. The summed E-state index contributed by atoms with van der Waals surface area (Å²) in [4.78, 5) is 36.8. The first-order valence-corrected chi connectivity index (χ1v) is 19.4. The first-order chi connectivity index (χ1) is 26.5. The van der Waals surface area contributed by atoms with Crippen molar-refractivity contribution in [2.75, 3.05) is 0 Å². The maximum atomic E-state index is 12.6. The Labute approximate surface area is 334 Å². The van der Waals surface area contributed by atoms with Gasteiger partial charge in [0.05, 0.1) is 10.9 Å². The molecule has 0 bridgehead atoms. The topological polar surface area (TPSA) is 164 Å². The average molecular weight is 859 g/mol. The van der Waals surface area contributed by atoms with E-state index in [2.05, 4.69) is 0 Å². The van der Waals surface area contributed by atoms with Crippen molar-refractivity contribution >= 4 is 39.5 Å². The molecule has 0 spiro atoms. The predicted octanol–water partition coefficient (Wildman–Crippen LogP) is 10.0. The maximum absolute atomic E-state index is 12.6. The van der Waals surface area contributed by atoms with Crippen LogP contribution < -0.4 is 14.2 Å². The Morgan fingerprint density at radius 3 is 0.897 bits per heavy atom. The lowest BCUT2D eigenvalue weighted by Crippen LogP contribution is -2.26. The third kappa shape index (κ3) is 14.2. The number of rotatable bonds is 7. The Kier molecular flexibility index (Phi) is 15.0. The highest BCUT2D eigenvalue weighted by Crippen LogP contribution is 2.34. The highest BCUT2D eigenvalue weighted by atomic mass is 32.2. The Morgan fingerprint density at radius 1 is 0.466 bits per heavy atom. The van der Waals surface area contributed by atoms with Crippen LogP contribution in [0, 0.1) is 29.1 Å². The Bertz CT molecular complexity index is 2010. The van der Waals surface area contributed by atoms with Gasteiger partial charge in [0.1, 0.15) is 49.1 Å². The molecule has 0 atom stereocenters. The number of carbonyl (C=O) groups is 3. The Morgan fingerprint density at radius 2 is 0.690 bits per heavy atom. The molecular weight excluding hydrogens is 820 g/mol. The Balaban J connectivity index is 0.000000502. The molecule has 0 N–H and O–H groups in total. The van der Waals surface area contributed by atoms with Gasteiger partial charge in [-0.1, -0.05) is 0 Å². The highest BCUT2D eigenvalue weighted by Gasteiger charge is 2.31. The molecule has 12 nitrogen and oxygen atoms in total. The minimum atomic E-state index is -5.77. The van der Waals surface area contributed by atoms with Crippen molar-refractivity contribution in [3.8, 4) is 17.2 Å². The van der Waals surface area contributed by atoms with Crippen molar-refractivity contribution in [2.24, 2.45) is 0 Å². The van der Waals surface area contributed by atoms with E-state index in [0.717, 1.165) is 14.7 Å². The third-order valence-electron chi connectivity index (χ3n) is 6.37. The number of halogens is 5. The van der Waals surface area contributed by atoms with Gasteiger partial charge in [-0.05, 0) is 135 Å². The number of carbonyl (C=O) groups excluding carboxylic acids is 3. The van der Waals surface area contributed by atoms with Crippen molar-refractivity contribution in [2.45, 2.75) is 98.7 Å². The molecule has 58 heavy (non-hydrogen) atoms. The smallest absolute Gasteiger partial charge is 0.514 e. The third-order valence-corrected chi connectivity index (χ3v) is 9.46. The summed E-state index contributed by atoms with van der Waals surface area (Å²) in [6, 6.07) is 21.3. The van der Waals surface area contributed by atoms with Crippen LogP contribution in [0.15, 0.2) is 92.4 Å². The largest absolute Gasteiger partial charge is 0.744 e. The van der Waals surface area contributed by atoms with Crippen LogP contribution in [0.5, 0.6) is 17.2 Å². The highest BCUT2D eigenvalue weighted by molar-refractivity contribution is 7.97. The molecule has 0 fully saturated rings. The predicted molar refractivity (Wildman–Crippen MR) is 196 cm³/mol. The van der Waals surface area contributed by atoms with Gasteiger partial charge in [0.15, 0.2) is 38.0 Å². The molecule has 0 aliphatic carbocycles. The van der Waals surface area contributed by atoms with Crippen LogP contribution in [0.25, 0.3) is 0 Å². The molecule has 314 valence electrons. The van der Waals surface area contributed by atoms with Gasteiger partial charge in [-0.15, -0.1) is 0 Å². The van der Waals surface area contributed by atoms with Crippen LogP contribution in [-0.4, -0.2) is 48.2 Å². The van der Waals surface area contributed by atoms with Crippen LogP contribution in [-0.2, 0) is 35.2 Å². The molecule has 0 aromatic heterocycles. The molecule has 0 amide bonds. The second-order valence-corrected chi connectivity index (χ2v) is 18.1. The standard InChI is InChI=1S/C33H39O9S.C6HF5O3S/c1-31(2,3)40-28(34)37-22-10-16-25(17-11-22)43(26-18-12-23(13-19-26)38-29(35)41-32(4,5)6)27-20-14-24(15-21-27)39-30(36)42-33(7,8)9;7-1-2(8)4(10)6(15(12,13)14)5(11)3(1)9/h10-21H,1-9H3;(H,12,13,14)/q+1;/p-1. The minimum Gasteiger partial charge on any atom is -0.744 e. The molecule has 0 radical (unpaired) electrons. The van der Waals surface area contributed by atoms with E-state index < -0.39 is 90.3 Å². The fourth-order valence-corrected chi connectivity index (χ4v) is 6.90. The fraction of sp³-hybridized carbons (Fsp3) is 0.308. The first kappa shape index (κ1) is 47.0. The lowest BCUT2D eigenvalue weighted by Gasteiger charge is -2.19. The number of hydrogen-bond donors (Lipinski definition) is 0. The van der Waals surface area contributed by atoms with E-state index >= 15 is 0 Å². The lowest BCUT2D eigenvalue weighted by molar-refractivity contribution is 0.0193. The van der Waals surface area contributed by atoms with E-state index in [-0.39, 0.29) is 0 Å². The summed E-state index contributed by atoms with van der Waals surface area (Å²) >= 11 is 0. The second-order valence-electron chi connectivity index (χ2n) is 14.8. The lowest BCUT2D eigenvalue weighted by atomic mass is 10.2. The maximum Gasteiger partial charge on any atom is 0.514 e. The van der Waals surface area contributed by atoms with Gasteiger partial charge in [-0.2, -0.15) is 0 Å². The molecule has 0 heterocycles. The van der Waals surface area contributed by atoms with Gasteiger partial charge in [0, 0.05) is 0 Å². The van der Waals surface area contributed by atoms with E-state index in [0.29, 0.717) is 17.2 Å². The van der Waals surface area contributed by atoms with Crippen molar-refractivity contribution in [3.63, 3.8) is 0 Å². The van der Waals surface area contributed by atoms with Crippen molar-refractivity contribution in [1.82, 2.24) is 0 Å². The van der Waals surface area contributed by atoms with Gasteiger partial charge < -0.3 is 33.0 Å². The SMILES string of the molecule is CC(C)(C)OC(=O)Oc1ccc([S+](c2ccc(OC(=O)OC(C)(C)C)cc2)c2ccc(OC(=O)OC(C)(C)C)cc2)cc1.O=S(=O)([O-])c1c(F)c(F)c(F)c(F)c1F. The zero-order valence-electron chi connectivity index (χ0n) is 32.5. The van der Waals surface area contributed by atoms with Crippen LogP contribution in [0.3, 0.4) is 0 Å². The molecule has 0 saturated heterocycles. The second kappa shape index (κ2) is 18.5. The number of benzene rings is 4. The van der Waals surface area contributed by atoms with Crippen molar-refractivity contribution in [3.05, 3.63) is 102 Å². The molecule has 0 aliphatic rings. The zero-order chi connectivity index (χ0) is 44.0. The zero-order valence-corrected chi connectivity index (χ0v) is 34.2. The van der Waals surface area contributed by atoms with Crippen LogP contribution in [0.2, 0.25) is 0 Å². The first-order valence-electron chi connectivity index (χ1n) is 16.8. The minimum absolute atomic E-state index is 0.337. The Hall–Kier alpha value is -5.40. The van der Waals surface area contributed by atoms with Gasteiger partial charge in [-0.3, -0.25) is 0 Å². The summed E-state index contributed by atoms with van der Waals surface area (Å²) in [5.41, 5.74) is -2.04. The van der Waals surface area contributed by atoms with Gasteiger partial charge in [-0.25, -0.2) is 44.8 Å². The van der Waals surface area contributed by atoms with Gasteiger partial charge >= 0.3 is 18.5 Å². The van der Waals surface area contributed by atoms with Gasteiger partial charge in [0.2, 0.25) is 5.82 Å². The molecular formula is C39H39F5O12S2. The van der Waals surface area contributed by atoms with Crippen LogP contribution >= 0.6 is 0 Å². The normalized spacial score (nSPS) is 11.9. The number of hydrogen-bond acceptors (Lipinski definition) is 12. The van der Waals surface area contributed by atoms with Crippen molar-refractivity contribution < 1.29 is 77.7 Å². The van der Waals surface area contributed by atoms with Crippen LogP contribution in [0.4, 0.5) is 36.3 Å². The molecule has 0 aliphatic heterocycles. The molecule has 4 rings (SSSR count). The summed E-state index contributed by atoms with van der Waals surface area (Å²) in [7, 11) is -6.41. The summed E-state index contributed by atoms with van der Waals surface area (Å²) in [5.74, 6) is -11.8. The fourth-order valence-electron chi connectivity index (χ4n) is 4.24. The molecule has 0 unspecified atom stereocenters. The van der Waals surface area contributed by atoms with E-state index in [1.54, 1.807) is 98.7 Å². The molecule has 0 saturated carbocycles. The summed E-state index contributed by atoms with van der Waals surface area (Å²) < 4.78 is 125. The summed E-state index contributed by atoms with van der Waals surface area (Å²) in [5, 5.41) is 0. The summed E-state index contributed by atoms with van der Waals surface area (Å²) in [6.07, 6.45) is -2.37. The average Bonchev–Trinajstić information content (AvgIpc) is 3.06. The number of ether oxygens (including phenoxy) is 6. The monoisotopic (exact) mass is 858 g/mol. The molecule has 4 aromatic carbocycles.